The van der Waals surface area contributed by atoms with Gasteiger partial charge in [0.1, 0.15) is 11.2 Å². The summed E-state index contributed by atoms with van der Waals surface area (Å²) in [5.41, 5.74) is 15.1. The van der Waals surface area contributed by atoms with Crippen molar-refractivity contribution in [3.8, 4) is 33.6 Å². The molecule has 244 valence electrons. The van der Waals surface area contributed by atoms with Gasteiger partial charge in [0, 0.05) is 43.7 Å². The minimum Gasteiger partial charge on any atom is -0.456 e. The largest absolute Gasteiger partial charge is 0.456 e. The molecule has 11 aromatic rings. The average molecular weight is 665 g/mol. The van der Waals surface area contributed by atoms with Gasteiger partial charge in [0.2, 0.25) is 0 Å². The Labute approximate surface area is 300 Å². The van der Waals surface area contributed by atoms with Crippen molar-refractivity contribution in [3.05, 3.63) is 181 Å². The van der Waals surface area contributed by atoms with Crippen LogP contribution in [0.25, 0.3) is 99.2 Å². The second-order valence-corrected chi connectivity index (χ2v) is 13.8. The van der Waals surface area contributed by atoms with Crippen LogP contribution in [0, 0.1) is 6.92 Å². The van der Waals surface area contributed by atoms with Gasteiger partial charge in [-0.2, -0.15) is 0 Å². The minimum atomic E-state index is 0.919. The Balaban J connectivity index is 1.03. The summed E-state index contributed by atoms with van der Waals surface area (Å²) in [6, 6.07) is 63.7. The molecule has 0 aliphatic heterocycles. The maximum Gasteiger partial charge on any atom is 0.135 e. The number of para-hydroxylation sites is 4. The summed E-state index contributed by atoms with van der Waals surface area (Å²) in [4.78, 5) is 0. The van der Waals surface area contributed by atoms with E-state index in [1.165, 1.54) is 77.1 Å². The van der Waals surface area contributed by atoms with E-state index in [0.717, 1.165) is 27.6 Å². The third kappa shape index (κ3) is 4.26. The monoisotopic (exact) mass is 664 g/mol. The van der Waals surface area contributed by atoms with Crippen molar-refractivity contribution in [2.45, 2.75) is 6.92 Å². The molecule has 3 aromatic heterocycles. The van der Waals surface area contributed by atoms with Crippen LogP contribution in [0.2, 0.25) is 0 Å². The normalized spacial score (nSPS) is 11.9. The number of hydrogen-bond acceptors (Lipinski definition) is 1. The number of furan rings is 1. The maximum absolute atomic E-state index is 6.11. The second kappa shape index (κ2) is 11.1. The first kappa shape index (κ1) is 28.9. The van der Waals surface area contributed by atoms with Crippen molar-refractivity contribution >= 4 is 65.6 Å². The van der Waals surface area contributed by atoms with Crippen LogP contribution < -0.4 is 0 Å². The third-order valence-corrected chi connectivity index (χ3v) is 10.8. The van der Waals surface area contributed by atoms with Crippen LogP contribution in [-0.4, -0.2) is 9.13 Å². The SMILES string of the molecule is Cc1cc(-n2c3ccccc3c3cc(-c4ccc5c(c4)c4ccccc4n5-c4ccccc4)ccc32)ccc1-c1ccc2oc3ccccc3c2c1. The van der Waals surface area contributed by atoms with E-state index in [9.17, 15) is 0 Å². The van der Waals surface area contributed by atoms with Crippen molar-refractivity contribution in [2.75, 3.05) is 0 Å². The Hall–Kier alpha value is -6.84. The number of aromatic nitrogens is 2. The topological polar surface area (TPSA) is 23.0 Å². The predicted octanol–water partition coefficient (Wildman–Crippen LogP) is 13.4. The zero-order valence-electron chi connectivity index (χ0n) is 28.5. The lowest BCUT2D eigenvalue weighted by Crippen LogP contribution is -1.95. The van der Waals surface area contributed by atoms with E-state index in [-0.39, 0.29) is 0 Å². The highest BCUT2D eigenvalue weighted by Gasteiger charge is 2.17. The standard InChI is InChI=1S/C49H32N2O/c1-31-27-36(22-23-37(31)34-21-26-49-43(30-34)40-15-7-10-18-48(40)52-49)51-45-17-9-6-14-39(45)42-29-33(20-25-47(42)51)32-19-24-46-41(28-32)38-13-5-8-16-44(38)50(46)35-11-3-2-4-12-35/h2-30H,1H3. The molecule has 0 radical (unpaired) electrons. The number of hydrogen-bond donors (Lipinski definition) is 0. The molecule has 0 spiro atoms. The van der Waals surface area contributed by atoms with Gasteiger partial charge >= 0.3 is 0 Å². The van der Waals surface area contributed by atoms with Crippen LogP contribution in [0.3, 0.4) is 0 Å². The van der Waals surface area contributed by atoms with E-state index < -0.39 is 0 Å². The lowest BCUT2D eigenvalue weighted by atomic mass is 9.98. The summed E-state index contributed by atoms with van der Waals surface area (Å²) in [5.74, 6) is 0. The lowest BCUT2D eigenvalue weighted by molar-refractivity contribution is 0.669. The van der Waals surface area contributed by atoms with E-state index in [4.69, 9.17) is 4.42 Å². The summed E-state index contributed by atoms with van der Waals surface area (Å²) in [6.45, 7) is 2.22. The van der Waals surface area contributed by atoms with Gasteiger partial charge in [0.25, 0.3) is 0 Å². The van der Waals surface area contributed by atoms with Gasteiger partial charge in [-0.1, -0.05) is 97.1 Å². The molecule has 0 aliphatic rings. The molecule has 0 atom stereocenters. The zero-order chi connectivity index (χ0) is 34.3. The average Bonchev–Trinajstić information content (AvgIpc) is 3.85. The molecular formula is C49H32N2O. The number of fused-ring (bicyclic) bond motifs is 9. The highest BCUT2D eigenvalue weighted by molar-refractivity contribution is 6.13. The highest BCUT2D eigenvalue weighted by atomic mass is 16.3. The van der Waals surface area contributed by atoms with E-state index in [1.807, 2.05) is 12.1 Å². The van der Waals surface area contributed by atoms with Gasteiger partial charge in [0.05, 0.1) is 22.1 Å². The molecule has 0 saturated heterocycles. The minimum absolute atomic E-state index is 0.919. The van der Waals surface area contributed by atoms with Crippen molar-refractivity contribution in [3.63, 3.8) is 0 Å². The Morgan fingerprint density at radius 1 is 0.346 bits per heavy atom. The van der Waals surface area contributed by atoms with E-state index in [1.54, 1.807) is 0 Å². The van der Waals surface area contributed by atoms with Crippen LogP contribution in [-0.2, 0) is 0 Å². The first-order valence-corrected chi connectivity index (χ1v) is 17.8. The van der Waals surface area contributed by atoms with E-state index >= 15 is 0 Å². The molecule has 3 heteroatoms. The molecule has 52 heavy (non-hydrogen) atoms. The molecular weight excluding hydrogens is 633 g/mol. The lowest BCUT2D eigenvalue weighted by Gasteiger charge is -2.13. The highest BCUT2D eigenvalue weighted by Crippen LogP contribution is 2.39. The van der Waals surface area contributed by atoms with E-state index in [2.05, 4.69) is 180 Å². The van der Waals surface area contributed by atoms with Crippen LogP contribution in [0.15, 0.2) is 180 Å². The quantitative estimate of drug-likeness (QED) is 0.184. The second-order valence-electron chi connectivity index (χ2n) is 13.8. The number of rotatable bonds is 4. The molecule has 11 rings (SSSR count). The van der Waals surface area contributed by atoms with Crippen LogP contribution in [0.5, 0.6) is 0 Å². The third-order valence-electron chi connectivity index (χ3n) is 10.8. The number of benzene rings is 8. The Morgan fingerprint density at radius 2 is 0.865 bits per heavy atom. The molecule has 0 N–H and O–H groups in total. The fourth-order valence-electron chi connectivity index (χ4n) is 8.44. The Kier molecular flexibility index (Phi) is 6.17. The predicted molar refractivity (Wildman–Crippen MR) is 218 cm³/mol. The summed E-state index contributed by atoms with van der Waals surface area (Å²) in [6.07, 6.45) is 0. The van der Waals surface area contributed by atoms with Crippen LogP contribution in [0.1, 0.15) is 5.56 Å². The van der Waals surface area contributed by atoms with Crippen molar-refractivity contribution in [2.24, 2.45) is 0 Å². The molecule has 3 nitrogen and oxygen atoms in total. The fourth-order valence-corrected chi connectivity index (χ4v) is 8.44. The Morgan fingerprint density at radius 3 is 1.54 bits per heavy atom. The number of aryl methyl sites for hydroxylation is 1. The smallest absolute Gasteiger partial charge is 0.135 e. The molecule has 0 unspecified atom stereocenters. The van der Waals surface area contributed by atoms with Crippen molar-refractivity contribution in [1.82, 2.24) is 9.13 Å². The number of nitrogens with zero attached hydrogens (tertiary/aromatic N) is 2. The molecule has 0 fully saturated rings. The van der Waals surface area contributed by atoms with Gasteiger partial charge in [-0.15, -0.1) is 0 Å². The molecule has 0 saturated carbocycles. The zero-order valence-corrected chi connectivity index (χ0v) is 28.5. The summed E-state index contributed by atoms with van der Waals surface area (Å²) < 4.78 is 10.9. The van der Waals surface area contributed by atoms with Gasteiger partial charge in [-0.25, -0.2) is 0 Å². The van der Waals surface area contributed by atoms with Crippen molar-refractivity contribution in [1.29, 1.82) is 0 Å². The van der Waals surface area contributed by atoms with Crippen LogP contribution in [0.4, 0.5) is 0 Å². The van der Waals surface area contributed by atoms with Gasteiger partial charge in [0.15, 0.2) is 0 Å². The molecule has 0 aliphatic carbocycles. The van der Waals surface area contributed by atoms with Gasteiger partial charge in [-0.05, 0) is 114 Å². The van der Waals surface area contributed by atoms with E-state index in [0.29, 0.717) is 0 Å². The van der Waals surface area contributed by atoms with Gasteiger partial charge in [-0.3, -0.25) is 0 Å². The molecule has 8 aromatic carbocycles. The molecule has 0 amide bonds. The van der Waals surface area contributed by atoms with Crippen LogP contribution >= 0.6 is 0 Å². The first-order valence-electron chi connectivity index (χ1n) is 17.8. The Bertz CT molecular complexity index is 3190. The summed E-state index contributed by atoms with van der Waals surface area (Å²) in [5, 5.41) is 7.32. The molecule has 3 heterocycles. The van der Waals surface area contributed by atoms with Gasteiger partial charge < -0.3 is 13.6 Å². The fraction of sp³-hybridized carbons (Fsp3) is 0.0204. The summed E-state index contributed by atoms with van der Waals surface area (Å²) in [7, 11) is 0. The summed E-state index contributed by atoms with van der Waals surface area (Å²) >= 11 is 0. The molecule has 0 bridgehead atoms. The van der Waals surface area contributed by atoms with Crippen molar-refractivity contribution < 1.29 is 4.42 Å². The maximum atomic E-state index is 6.11. The first-order chi connectivity index (χ1) is 25.7.